The summed E-state index contributed by atoms with van der Waals surface area (Å²) in [5.74, 6) is -1.47. The quantitative estimate of drug-likeness (QED) is 0.853. The Morgan fingerprint density at radius 2 is 2.07 bits per heavy atom. The molecule has 6 heteroatoms. The molecule has 15 heavy (non-hydrogen) atoms. The topological polar surface area (TPSA) is 49.8 Å². The second kappa shape index (κ2) is 6.01. The lowest BCUT2D eigenvalue weighted by molar-refractivity contribution is 0.524. The second-order valence-electron chi connectivity index (χ2n) is 2.73. The molecule has 0 fully saturated rings. The van der Waals surface area contributed by atoms with Crippen LogP contribution in [0.3, 0.4) is 0 Å². The normalized spacial score (nSPS) is 11.4. The molecule has 1 rings (SSSR count). The predicted octanol–water partition coefficient (Wildman–Crippen LogP) is 3.06. The molecule has 0 aliphatic heterocycles. The minimum Gasteiger partial charge on any atom is -0.323 e. The van der Waals surface area contributed by atoms with Gasteiger partial charge in [0.05, 0.1) is 17.0 Å². The van der Waals surface area contributed by atoms with Gasteiger partial charge >= 0.3 is 0 Å². The van der Waals surface area contributed by atoms with Gasteiger partial charge in [0.2, 0.25) is 0 Å². The first kappa shape index (κ1) is 14.3. The molecule has 82 valence electrons. The zero-order chi connectivity index (χ0) is 10.7. The monoisotopic (exact) mass is 296 g/mol. The van der Waals surface area contributed by atoms with Crippen LogP contribution in [0.5, 0.6) is 0 Å². The first-order chi connectivity index (χ1) is 6.57. The van der Waals surface area contributed by atoms with Crippen molar-refractivity contribution < 1.29 is 8.78 Å². The van der Waals surface area contributed by atoms with Crippen LogP contribution < -0.4 is 5.73 Å². The molecule has 1 aromatic rings. The molecule has 0 amide bonds. The average molecular weight is 298 g/mol. The van der Waals surface area contributed by atoms with Gasteiger partial charge in [-0.2, -0.15) is 5.26 Å². The van der Waals surface area contributed by atoms with Gasteiger partial charge in [0.1, 0.15) is 11.6 Å². The van der Waals surface area contributed by atoms with Gasteiger partial charge in [-0.05, 0) is 28.1 Å². The van der Waals surface area contributed by atoms with Crippen LogP contribution in [0.2, 0.25) is 0 Å². The fourth-order valence-corrected chi connectivity index (χ4v) is 1.43. The Hall–Kier alpha value is -0.700. The number of hydrogen-bond donors (Lipinski definition) is 1. The fourth-order valence-electron chi connectivity index (χ4n) is 1.08. The van der Waals surface area contributed by atoms with Crippen molar-refractivity contribution in [3.8, 4) is 6.07 Å². The van der Waals surface area contributed by atoms with Gasteiger partial charge in [0.15, 0.2) is 0 Å². The lowest BCUT2D eigenvalue weighted by Gasteiger charge is -2.11. The molecule has 0 spiro atoms. The van der Waals surface area contributed by atoms with Crippen molar-refractivity contribution in [3.63, 3.8) is 0 Å². The number of halogens is 4. The van der Waals surface area contributed by atoms with Gasteiger partial charge in [0, 0.05) is 11.6 Å². The van der Waals surface area contributed by atoms with Crippen molar-refractivity contribution in [2.75, 3.05) is 0 Å². The summed E-state index contributed by atoms with van der Waals surface area (Å²) in [4.78, 5) is 0. The highest BCUT2D eigenvalue weighted by Gasteiger charge is 2.18. The van der Waals surface area contributed by atoms with E-state index in [1.54, 1.807) is 6.07 Å². The standard InChI is InChI=1S/C9H7BrF2N2.ClH/c10-5-1-2-6(11)8(9(5)12)7(14)3-4-13;/h1-2,7H,3,14H2;1H/t7-;/m0./s1. The largest absolute Gasteiger partial charge is 0.323 e. The second-order valence-corrected chi connectivity index (χ2v) is 3.58. The van der Waals surface area contributed by atoms with Crippen LogP contribution in [-0.2, 0) is 0 Å². The summed E-state index contributed by atoms with van der Waals surface area (Å²) >= 11 is 2.92. The van der Waals surface area contributed by atoms with Gasteiger partial charge in [0.25, 0.3) is 0 Å². The molecule has 1 atom stereocenters. The van der Waals surface area contributed by atoms with Crippen LogP contribution in [0.25, 0.3) is 0 Å². The molecule has 0 aliphatic rings. The van der Waals surface area contributed by atoms with E-state index in [0.717, 1.165) is 6.07 Å². The Balaban J connectivity index is 0.00000196. The van der Waals surface area contributed by atoms with Crippen molar-refractivity contribution in [3.05, 3.63) is 33.8 Å². The van der Waals surface area contributed by atoms with Gasteiger partial charge in [-0.3, -0.25) is 0 Å². The third kappa shape index (κ3) is 3.13. The number of rotatable bonds is 2. The fraction of sp³-hybridized carbons (Fsp3) is 0.222. The molecule has 0 aliphatic carbocycles. The van der Waals surface area contributed by atoms with Crippen LogP contribution in [0, 0.1) is 23.0 Å². The van der Waals surface area contributed by atoms with Crippen LogP contribution >= 0.6 is 28.3 Å². The van der Waals surface area contributed by atoms with Crippen molar-refractivity contribution in [1.29, 1.82) is 5.26 Å². The third-order valence-corrected chi connectivity index (χ3v) is 2.37. The molecule has 0 unspecified atom stereocenters. The first-order valence-electron chi connectivity index (χ1n) is 3.84. The molecule has 0 bridgehead atoms. The van der Waals surface area contributed by atoms with E-state index >= 15 is 0 Å². The Bertz CT molecular complexity index is 392. The van der Waals surface area contributed by atoms with Gasteiger partial charge in [-0.15, -0.1) is 12.4 Å². The van der Waals surface area contributed by atoms with Gasteiger partial charge < -0.3 is 5.73 Å². The minimum atomic E-state index is -0.933. The number of nitrogens with zero attached hydrogens (tertiary/aromatic N) is 1. The minimum absolute atomic E-state index is 0. The number of nitrogens with two attached hydrogens (primary N) is 1. The van der Waals surface area contributed by atoms with E-state index in [0.29, 0.717) is 0 Å². The van der Waals surface area contributed by atoms with Crippen molar-refractivity contribution in [2.45, 2.75) is 12.5 Å². The first-order valence-corrected chi connectivity index (χ1v) is 4.63. The van der Waals surface area contributed by atoms with E-state index in [1.807, 2.05) is 0 Å². The van der Waals surface area contributed by atoms with Gasteiger partial charge in [-0.25, -0.2) is 8.78 Å². The summed E-state index contributed by atoms with van der Waals surface area (Å²) in [5.41, 5.74) is 5.20. The Morgan fingerprint density at radius 3 is 2.60 bits per heavy atom. The summed E-state index contributed by atoms with van der Waals surface area (Å²) in [5, 5.41) is 8.36. The van der Waals surface area contributed by atoms with E-state index in [-0.39, 0.29) is 28.9 Å². The zero-order valence-corrected chi connectivity index (χ0v) is 9.91. The average Bonchev–Trinajstić information content (AvgIpc) is 2.13. The van der Waals surface area contributed by atoms with E-state index in [4.69, 9.17) is 11.0 Å². The highest BCUT2D eigenvalue weighted by Crippen LogP contribution is 2.26. The molecule has 2 nitrogen and oxygen atoms in total. The Morgan fingerprint density at radius 1 is 1.47 bits per heavy atom. The highest BCUT2D eigenvalue weighted by molar-refractivity contribution is 9.10. The number of hydrogen-bond acceptors (Lipinski definition) is 2. The van der Waals surface area contributed by atoms with E-state index < -0.39 is 17.7 Å². The predicted molar refractivity (Wildman–Crippen MR) is 58.5 cm³/mol. The summed E-state index contributed by atoms with van der Waals surface area (Å²) in [6.07, 6.45) is -0.121. The number of benzene rings is 1. The maximum Gasteiger partial charge on any atom is 0.145 e. The van der Waals surface area contributed by atoms with Crippen LogP contribution in [-0.4, -0.2) is 0 Å². The van der Waals surface area contributed by atoms with Crippen LogP contribution in [0.4, 0.5) is 8.78 Å². The molecule has 2 N–H and O–H groups in total. The van der Waals surface area contributed by atoms with Crippen molar-refractivity contribution >= 4 is 28.3 Å². The van der Waals surface area contributed by atoms with E-state index in [9.17, 15) is 8.78 Å². The van der Waals surface area contributed by atoms with E-state index in [2.05, 4.69) is 15.9 Å². The van der Waals surface area contributed by atoms with Crippen molar-refractivity contribution in [1.82, 2.24) is 0 Å². The lowest BCUT2D eigenvalue weighted by Crippen LogP contribution is -2.13. The summed E-state index contributed by atoms with van der Waals surface area (Å²) < 4.78 is 26.7. The SMILES string of the molecule is Cl.N#CC[C@H](N)c1c(F)ccc(Br)c1F. The van der Waals surface area contributed by atoms with E-state index in [1.165, 1.54) is 6.07 Å². The van der Waals surface area contributed by atoms with Gasteiger partial charge in [-0.1, -0.05) is 0 Å². The molecule has 0 saturated carbocycles. The maximum atomic E-state index is 13.4. The molecule has 0 heterocycles. The smallest absolute Gasteiger partial charge is 0.145 e. The Kier molecular flexibility index (Phi) is 5.73. The zero-order valence-electron chi connectivity index (χ0n) is 7.51. The summed E-state index contributed by atoms with van der Waals surface area (Å²) in [7, 11) is 0. The maximum absolute atomic E-state index is 13.4. The molecule has 1 aromatic carbocycles. The number of nitriles is 1. The van der Waals surface area contributed by atoms with Crippen molar-refractivity contribution in [2.24, 2.45) is 5.73 Å². The summed E-state index contributed by atoms with van der Waals surface area (Å²) in [6, 6.07) is 3.20. The highest BCUT2D eigenvalue weighted by atomic mass is 79.9. The Labute approximate surface area is 101 Å². The molecular formula is C9H8BrClF2N2. The van der Waals surface area contributed by atoms with Crippen LogP contribution in [0.1, 0.15) is 18.0 Å². The van der Waals surface area contributed by atoms with Crippen LogP contribution in [0.15, 0.2) is 16.6 Å². The lowest BCUT2D eigenvalue weighted by atomic mass is 10.0. The molecule has 0 radical (unpaired) electrons. The molecule has 0 saturated heterocycles. The molecule has 0 aromatic heterocycles. The summed E-state index contributed by atoms with van der Waals surface area (Å²) in [6.45, 7) is 0. The third-order valence-electron chi connectivity index (χ3n) is 1.76. The molecular weight excluding hydrogens is 289 g/mol.